The van der Waals surface area contributed by atoms with E-state index in [-0.39, 0.29) is 13.1 Å². The van der Waals surface area contributed by atoms with Gasteiger partial charge in [-0.3, -0.25) is 14.5 Å². The van der Waals surface area contributed by atoms with Crippen LogP contribution in [0.4, 0.5) is 14.9 Å². The zero-order chi connectivity index (χ0) is 25.0. The van der Waals surface area contributed by atoms with Crippen molar-refractivity contribution in [2.75, 3.05) is 24.7 Å². The van der Waals surface area contributed by atoms with E-state index in [0.29, 0.717) is 11.3 Å². The van der Waals surface area contributed by atoms with Crippen LogP contribution >= 0.6 is 0 Å². The Morgan fingerprint density at radius 2 is 1.82 bits per heavy atom. The van der Waals surface area contributed by atoms with Crippen LogP contribution in [-0.4, -0.2) is 66.1 Å². The molecule has 3 amide bonds. The molecule has 0 saturated carbocycles. The minimum absolute atomic E-state index is 0.0526. The van der Waals surface area contributed by atoms with Crippen molar-refractivity contribution in [1.29, 1.82) is 0 Å². The fourth-order valence-corrected chi connectivity index (χ4v) is 4.71. The van der Waals surface area contributed by atoms with Gasteiger partial charge in [0.2, 0.25) is 10.0 Å². The van der Waals surface area contributed by atoms with Crippen LogP contribution in [0, 0.1) is 12.7 Å². The van der Waals surface area contributed by atoms with Gasteiger partial charge in [0, 0.05) is 18.8 Å². The second kappa shape index (κ2) is 10.2. The number of carboxylic acids is 1. The molecular formula is C22H25FN4O6S. The lowest BCUT2D eigenvalue weighted by atomic mass is 10.0. The topological polar surface area (TPSA) is 136 Å². The van der Waals surface area contributed by atoms with Crippen LogP contribution in [0.25, 0.3) is 0 Å². The van der Waals surface area contributed by atoms with E-state index in [0.717, 1.165) is 33.2 Å². The molecule has 1 aliphatic rings. The highest BCUT2D eigenvalue weighted by Gasteiger charge is 2.45. The Hall–Kier alpha value is -3.51. The Morgan fingerprint density at radius 3 is 2.41 bits per heavy atom. The second-order valence-electron chi connectivity index (χ2n) is 7.95. The highest BCUT2D eigenvalue weighted by atomic mass is 32.2. The highest BCUT2D eigenvalue weighted by Crippen LogP contribution is 2.23. The van der Waals surface area contributed by atoms with Crippen molar-refractivity contribution >= 4 is 33.6 Å². The van der Waals surface area contributed by atoms with Gasteiger partial charge >= 0.3 is 12.0 Å². The number of rotatable bonds is 7. The molecule has 2 atom stereocenters. The maximum atomic E-state index is 13.3. The summed E-state index contributed by atoms with van der Waals surface area (Å²) in [6, 6.07) is 10.1. The van der Waals surface area contributed by atoms with Crippen molar-refractivity contribution in [3.8, 4) is 0 Å². The van der Waals surface area contributed by atoms with E-state index in [1.165, 1.54) is 12.1 Å². The maximum absolute atomic E-state index is 13.3. The number of sulfonamides is 1. The van der Waals surface area contributed by atoms with Crippen molar-refractivity contribution in [1.82, 2.24) is 14.5 Å². The molecule has 0 aliphatic carbocycles. The third-order valence-corrected chi connectivity index (χ3v) is 6.52. The van der Waals surface area contributed by atoms with Crippen LogP contribution in [-0.2, 0) is 19.6 Å². The van der Waals surface area contributed by atoms with Gasteiger partial charge in [0.25, 0.3) is 5.91 Å². The van der Waals surface area contributed by atoms with Crippen LogP contribution in [0.5, 0.6) is 0 Å². The first kappa shape index (κ1) is 25.1. The summed E-state index contributed by atoms with van der Waals surface area (Å²) in [5.41, 5.74) is 1.68. The lowest BCUT2D eigenvalue weighted by Gasteiger charge is -2.29. The van der Waals surface area contributed by atoms with E-state index in [1.807, 2.05) is 13.0 Å². The van der Waals surface area contributed by atoms with Gasteiger partial charge in [-0.15, -0.1) is 0 Å². The number of halogens is 1. The minimum Gasteiger partial charge on any atom is -0.481 e. The van der Waals surface area contributed by atoms with Crippen molar-refractivity contribution in [2.45, 2.75) is 25.6 Å². The maximum Gasteiger partial charge on any atom is 0.323 e. The third kappa shape index (κ3) is 6.08. The Balaban J connectivity index is 1.88. The molecule has 0 radical (unpaired) electrons. The van der Waals surface area contributed by atoms with Gasteiger partial charge < -0.3 is 15.7 Å². The van der Waals surface area contributed by atoms with Crippen molar-refractivity contribution in [3.63, 3.8) is 0 Å². The van der Waals surface area contributed by atoms with Gasteiger partial charge in [0.15, 0.2) is 6.17 Å². The van der Waals surface area contributed by atoms with Crippen LogP contribution < -0.4 is 10.6 Å². The largest absolute Gasteiger partial charge is 0.481 e. The summed E-state index contributed by atoms with van der Waals surface area (Å²) < 4.78 is 38.9. The molecule has 10 nitrogen and oxygen atoms in total. The quantitative estimate of drug-likeness (QED) is 0.540. The molecule has 1 aliphatic heterocycles. The first-order chi connectivity index (χ1) is 16.0. The molecular weight excluding hydrogens is 467 g/mol. The van der Waals surface area contributed by atoms with E-state index < -0.39 is 52.4 Å². The molecule has 1 saturated heterocycles. The Bertz CT molecular complexity index is 1190. The van der Waals surface area contributed by atoms with Crippen LogP contribution in [0.15, 0.2) is 48.5 Å². The number of hydrogen-bond acceptors (Lipinski definition) is 5. The van der Waals surface area contributed by atoms with E-state index in [9.17, 15) is 32.3 Å². The standard InChI is InChI=1S/C22H25FN4O6S/c1-14-4-3-5-17(12-14)24-22(31)26-10-11-27(34(2,32)33)21(26)20(30)25-18(13-19(28)29)15-6-8-16(23)9-7-15/h3-9,12,18,21H,10-11,13H2,1-2H3,(H,24,31)(H,25,30)(H,28,29). The summed E-state index contributed by atoms with van der Waals surface area (Å²) in [5, 5.41) is 14.5. The molecule has 0 bridgehead atoms. The van der Waals surface area contributed by atoms with E-state index in [2.05, 4.69) is 10.6 Å². The Kier molecular flexibility index (Phi) is 7.52. The summed E-state index contributed by atoms with van der Waals surface area (Å²) in [5.74, 6) is -2.64. The van der Waals surface area contributed by atoms with Crippen LogP contribution in [0.3, 0.4) is 0 Å². The molecule has 2 aromatic rings. The molecule has 0 spiro atoms. The molecule has 3 N–H and O–H groups in total. The minimum atomic E-state index is -3.89. The van der Waals surface area contributed by atoms with Gasteiger partial charge in [-0.2, -0.15) is 4.31 Å². The SMILES string of the molecule is Cc1cccc(NC(=O)N2CCN(S(C)(=O)=O)C2C(=O)NC(CC(=O)O)c2ccc(F)cc2)c1. The summed E-state index contributed by atoms with van der Waals surface area (Å²) in [6.07, 6.45) is -1.14. The third-order valence-electron chi connectivity index (χ3n) is 5.29. The molecule has 2 unspecified atom stereocenters. The first-order valence-corrected chi connectivity index (χ1v) is 12.2. The van der Waals surface area contributed by atoms with Gasteiger partial charge in [-0.25, -0.2) is 17.6 Å². The number of urea groups is 1. The molecule has 34 heavy (non-hydrogen) atoms. The number of aryl methyl sites for hydroxylation is 1. The van der Waals surface area contributed by atoms with Crippen molar-refractivity contribution in [3.05, 3.63) is 65.5 Å². The van der Waals surface area contributed by atoms with Gasteiger partial charge in [-0.1, -0.05) is 24.3 Å². The Labute approximate surface area is 196 Å². The molecule has 12 heteroatoms. The summed E-state index contributed by atoms with van der Waals surface area (Å²) in [6.45, 7) is 1.67. The molecule has 0 aromatic heterocycles. The fraction of sp³-hybridized carbons (Fsp3) is 0.318. The first-order valence-electron chi connectivity index (χ1n) is 10.3. The number of nitrogens with one attached hydrogen (secondary N) is 2. The lowest BCUT2D eigenvalue weighted by molar-refractivity contribution is -0.138. The molecule has 1 heterocycles. The van der Waals surface area contributed by atoms with Gasteiger partial charge in [-0.05, 0) is 42.3 Å². The number of anilines is 1. The van der Waals surface area contributed by atoms with Crippen LogP contribution in [0.1, 0.15) is 23.6 Å². The normalized spacial score (nSPS) is 17.3. The van der Waals surface area contributed by atoms with Crippen molar-refractivity contribution in [2.24, 2.45) is 0 Å². The number of amides is 3. The average molecular weight is 493 g/mol. The summed E-state index contributed by atoms with van der Waals surface area (Å²) >= 11 is 0. The van der Waals surface area contributed by atoms with Crippen LogP contribution in [0.2, 0.25) is 0 Å². The number of carbonyl (C=O) groups is 3. The Morgan fingerprint density at radius 1 is 1.15 bits per heavy atom. The molecule has 3 rings (SSSR count). The predicted molar refractivity (Wildman–Crippen MR) is 122 cm³/mol. The van der Waals surface area contributed by atoms with Crippen molar-refractivity contribution < 1.29 is 32.3 Å². The smallest absolute Gasteiger partial charge is 0.323 e. The van der Waals surface area contributed by atoms with E-state index >= 15 is 0 Å². The zero-order valence-electron chi connectivity index (χ0n) is 18.6. The lowest BCUT2D eigenvalue weighted by Crippen LogP contribution is -2.55. The number of carboxylic acid groups (broad SMARTS) is 1. The fourth-order valence-electron chi connectivity index (χ4n) is 3.72. The molecule has 182 valence electrons. The van der Waals surface area contributed by atoms with E-state index in [1.54, 1.807) is 18.2 Å². The summed E-state index contributed by atoms with van der Waals surface area (Å²) in [7, 11) is -3.89. The van der Waals surface area contributed by atoms with Gasteiger partial charge in [0.1, 0.15) is 5.82 Å². The van der Waals surface area contributed by atoms with E-state index in [4.69, 9.17) is 0 Å². The number of aliphatic carboxylic acids is 1. The predicted octanol–water partition coefficient (Wildman–Crippen LogP) is 1.90. The monoisotopic (exact) mass is 492 g/mol. The number of nitrogens with zero attached hydrogens (tertiary/aromatic N) is 2. The number of carbonyl (C=O) groups excluding carboxylic acids is 2. The average Bonchev–Trinajstić information content (AvgIpc) is 3.20. The summed E-state index contributed by atoms with van der Waals surface area (Å²) in [4.78, 5) is 38.7. The van der Waals surface area contributed by atoms with Gasteiger partial charge in [0.05, 0.1) is 18.7 Å². The molecule has 2 aromatic carbocycles. The second-order valence-corrected chi connectivity index (χ2v) is 9.89. The number of hydrogen-bond donors (Lipinski definition) is 3. The highest BCUT2D eigenvalue weighted by molar-refractivity contribution is 7.88. The number of benzene rings is 2. The zero-order valence-corrected chi connectivity index (χ0v) is 19.4. The molecule has 1 fully saturated rings.